The van der Waals surface area contributed by atoms with Gasteiger partial charge in [-0.1, -0.05) is 0 Å². The maximum atomic E-state index is 2.53. The molecule has 0 aromatic rings. The molecule has 0 unspecified atom stereocenters. The van der Waals surface area contributed by atoms with Gasteiger partial charge < -0.3 is 0 Å². The van der Waals surface area contributed by atoms with Crippen molar-refractivity contribution in [2.24, 2.45) is 0 Å². The monoisotopic (exact) mass is 196 g/mol. The molecule has 3 nitrogen and oxygen atoms in total. The van der Waals surface area contributed by atoms with Crippen molar-refractivity contribution < 1.29 is 4.58 Å². The number of guanidine groups is 1. The molecule has 0 aromatic carbocycles. The minimum Gasteiger partial charge on any atom is -0.267 e. The Labute approximate surface area is 87.0 Å². The summed E-state index contributed by atoms with van der Waals surface area (Å²) in [7, 11) is 2.21. The Morgan fingerprint density at radius 3 is 2.50 bits per heavy atom. The van der Waals surface area contributed by atoms with Crippen LogP contribution < -0.4 is 0 Å². The Hall–Kier alpha value is -0.730. The highest BCUT2D eigenvalue weighted by atomic mass is 15.5. The maximum Gasteiger partial charge on any atom is 0.350 e. The highest BCUT2D eigenvalue weighted by Crippen LogP contribution is 2.22. The second-order valence-electron chi connectivity index (χ2n) is 5.38. The SMILES string of the molecule is C[N+]1=C2N(CCC1)CCN2C(C)(C)C. The van der Waals surface area contributed by atoms with E-state index in [0.29, 0.717) is 0 Å². The summed E-state index contributed by atoms with van der Waals surface area (Å²) in [5, 5.41) is 0. The van der Waals surface area contributed by atoms with Crippen LogP contribution in [0.2, 0.25) is 0 Å². The predicted molar refractivity (Wildman–Crippen MR) is 58.7 cm³/mol. The first-order valence-electron chi connectivity index (χ1n) is 5.61. The van der Waals surface area contributed by atoms with Crippen LogP contribution in [-0.4, -0.2) is 59.1 Å². The summed E-state index contributed by atoms with van der Waals surface area (Å²) in [6.07, 6.45) is 1.30. The molecule has 2 heterocycles. The summed E-state index contributed by atoms with van der Waals surface area (Å²) in [4.78, 5) is 5.06. The van der Waals surface area contributed by atoms with E-state index in [2.05, 4.69) is 42.2 Å². The first-order valence-corrected chi connectivity index (χ1v) is 5.61. The Bertz CT molecular complexity index is 262. The van der Waals surface area contributed by atoms with Gasteiger partial charge in [0, 0.05) is 6.42 Å². The van der Waals surface area contributed by atoms with Gasteiger partial charge in [0.05, 0.1) is 38.8 Å². The Morgan fingerprint density at radius 1 is 1.14 bits per heavy atom. The minimum absolute atomic E-state index is 0.260. The second-order valence-corrected chi connectivity index (χ2v) is 5.38. The lowest BCUT2D eigenvalue weighted by Crippen LogP contribution is -2.51. The van der Waals surface area contributed by atoms with E-state index >= 15 is 0 Å². The van der Waals surface area contributed by atoms with E-state index in [4.69, 9.17) is 0 Å². The van der Waals surface area contributed by atoms with Gasteiger partial charge in [0.25, 0.3) is 0 Å². The summed E-state index contributed by atoms with van der Waals surface area (Å²) >= 11 is 0. The molecular weight excluding hydrogens is 174 g/mol. The number of hydrogen-bond donors (Lipinski definition) is 0. The molecule has 2 rings (SSSR count). The van der Waals surface area contributed by atoms with Crippen LogP contribution in [-0.2, 0) is 0 Å². The highest BCUT2D eigenvalue weighted by molar-refractivity contribution is 5.78. The van der Waals surface area contributed by atoms with Crippen molar-refractivity contribution >= 4 is 5.96 Å². The number of nitrogens with zero attached hydrogens (tertiary/aromatic N) is 3. The van der Waals surface area contributed by atoms with E-state index in [0.717, 1.165) is 0 Å². The summed E-state index contributed by atoms with van der Waals surface area (Å²) < 4.78 is 2.40. The molecule has 1 saturated heterocycles. The van der Waals surface area contributed by atoms with Crippen molar-refractivity contribution in [2.45, 2.75) is 32.7 Å². The molecule has 1 fully saturated rings. The largest absolute Gasteiger partial charge is 0.350 e. The smallest absolute Gasteiger partial charge is 0.267 e. The highest BCUT2D eigenvalue weighted by Gasteiger charge is 2.43. The molecule has 0 aliphatic carbocycles. The number of hydrogen-bond acceptors (Lipinski definition) is 2. The van der Waals surface area contributed by atoms with E-state index < -0.39 is 0 Å². The molecule has 0 saturated carbocycles. The van der Waals surface area contributed by atoms with Crippen molar-refractivity contribution in [2.75, 3.05) is 33.2 Å². The summed E-state index contributed by atoms with van der Waals surface area (Å²) in [6.45, 7) is 11.7. The van der Waals surface area contributed by atoms with Gasteiger partial charge in [0.2, 0.25) is 0 Å². The molecule has 2 aliphatic rings. The van der Waals surface area contributed by atoms with Crippen LogP contribution in [0.3, 0.4) is 0 Å². The molecule has 0 bridgehead atoms. The fourth-order valence-corrected chi connectivity index (χ4v) is 2.48. The standard InChI is InChI=1S/C11H22N3/c1-11(2,3)14-9-8-13-7-5-6-12(4)10(13)14/h5-9H2,1-4H3/q+1. The minimum atomic E-state index is 0.260. The molecule has 0 N–H and O–H groups in total. The van der Waals surface area contributed by atoms with Crippen molar-refractivity contribution in [3.05, 3.63) is 0 Å². The Kier molecular flexibility index (Phi) is 2.20. The van der Waals surface area contributed by atoms with Crippen molar-refractivity contribution in [1.29, 1.82) is 0 Å². The third kappa shape index (κ3) is 1.49. The first kappa shape index (κ1) is 9.81. The van der Waals surface area contributed by atoms with Gasteiger partial charge in [-0.05, 0) is 20.8 Å². The zero-order chi connectivity index (χ0) is 10.3. The fourth-order valence-electron chi connectivity index (χ4n) is 2.48. The molecule has 14 heavy (non-hydrogen) atoms. The normalized spacial score (nSPS) is 23.1. The molecule has 0 aromatic heterocycles. The van der Waals surface area contributed by atoms with Crippen molar-refractivity contribution in [3.8, 4) is 0 Å². The van der Waals surface area contributed by atoms with Gasteiger partial charge in [-0.15, -0.1) is 0 Å². The third-order valence-electron chi connectivity index (χ3n) is 3.19. The second kappa shape index (κ2) is 3.14. The lowest BCUT2D eigenvalue weighted by molar-refractivity contribution is -0.513. The van der Waals surface area contributed by atoms with E-state index in [1.54, 1.807) is 0 Å². The van der Waals surface area contributed by atoms with Crippen LogP contribution in [0.15, 0.2) is 0 Å². The van der Waals surface area contributed by atoms with Gasteiger partial charge in [-0.25, -0.2) is 0 Å². The van der Waals surface area contributed by atoms with E-state index in [-0.39, 0.29) is 5.54 Å². The zero-order valence-corrected chi connectivity index (χ0v) is 9.88. The van der Waals surface area contributed by atoms with E-state index in [1.807, 2.05) is 0 Å². The van der Waals surface area contributed by atoms with Crippen LogP contribution in [0, 0.1) is 0 Å². The van der Waals surface area contributed by atoms with E-state index in [1.165, 1.54) is 38.6 Å². The van der Waals surface area contributed by atoms with Crippen LogP contribution in [0.25, 0.3) is 0 Å². The lowest BCUT2D eigenvalue weighted by atomic mass is 10.1. The van der Waals surface area contributed by atoms with Crippen LogP contribution >= 0.6 is 0 Å². The van der Waals surface area contributed by atoms with Gasteiger partial charge in [0.1, 0.15) is 0 Å². The third-order valence-corrected chi connectivity index (χ3v) is 3.19. The van der Waals surface area contributed by atoms with Gasteiger partial charge in [-0.2, -0.15) is 0 Å². The predicted octanol–water partition coefficient (Wildman–Crippen LogP) is 0.804. The number of fused-ring (bicyclic) bond motifs is 1. The quantitative estimate of drug-likeness (QED) is 0.530. The molecule has 0 atom stereocenters. The van der Waals surface area contributed by atoms with Gasteiger partial charge in [0.15, 0.2) is 0 Å². The molecule has 0 radical (unpaired) electrons. The molecule has 0 spiro atoms. The molecule has 3 heteroatoms. The molecule has 2 aliphatic heterocycles. The summed E-state index contributed by atoms with van der Waals surface area (Å²) in [6, 6.07) is 0. The fraction of sp³-hybridized carbons (Fsp3) is 0.909. The average Bonchev–Trinajstić information content (AvgIpc) is 2.47. The summed E-state index contributed by atoms with van der Waals surface area (Å²) in [5.41, 5.74) is 0.260. The Balaban J connectivity index is 2.30. The molecule has 80 valence electrons. The zero-order valence-electron chi connectivity index (χ0n) is 9.88. The maximum absolute atomic E-state index is 2.53. The van der Waals surface area contributed by atoms with Crippen molar-refractivity contribution in [3.63, 3.8) is 0 Å². The average molecular weight is 196 g/mol. The van der Waals surface area contributed by atoms with Crippen LogP contribution in [0.5, 0.6) is 0 Å². The van der Waals surface area contributed by atoms with Crippen LogP contribution in [0.4, 0.5) is 0 Å². The Morgan fingerprint density at radius 2 is 1.86 bits per heavy atom. The lowest BCUT2D eigenvalue weighted by Gasteiger charge is -2.31. The topological polar surface area (TPSA) is 9.49 Å². The van der Waals surface area contributed by atoms with Crippen molar-refractivity contribution in [1.82, 2.24) is 9.80 Å². The first-order chi connectivity index (χ1) is 6.50. The van der Waals surface area contributed by atoms with Gasteiger partial charge in [-0.3, -0.25) is 14.4 Å². The molecular formula is C11H22N3+. The summed E-state index contributed by atoms with van der Waals surface area (Å²) in [5.74, 6) is 1.45. The van der Waals surface area contributed by atoms with E-state index in [9.17, 15) is 0 Å². The van der Waals surface area contributed by atoms with Crippen LogP contribution in [0.1, 0.15) is 27.2 Å². The number of rotatable bonds is 0. The van der Waals surface area contributed by atoms with Gasteiger partial charge >= 0.3 is 5.96 Å². The molecule has 0 amide bonds.